The van der Waals surface area contributed by atoms with Crippen molar-refractivity contribution in [1.82, 2.24) is 4.90 Å². The van der Waals surface area contributed by atoms with Gasteiger partial charge in [0, 0.05) is 50.4 Å². The summed E-state index contributed by atoms with van der Waals surface area (Å²) in [4.78, 5) is 31.7. The molecule has 0 saturated carbocycles. The molecule has 2 amide bonds. The molecule has 0 bridgehead atoms. The molecule has 2 aromatic carbocycles. The summed E-state index contributed by atoms with van der Waals surface area (Å²) in [5.41, 5.74) is 5.44. The minimum absolute atomic E-state index is 0.126. The Morgan fingerprint density at radius 1 is 0.821 bits per heavy atom. The number of aryl methyl sites for hydroxylation is 2. The summed E-state index contributed by atoms with van der Waals surface area (Å²) < 4.78 is 0. The lowest BCUT2D eigenvalue weighted by Gasteiger charge is -2.37. The number of para-hydroxylation sites is 1. The number of carbonyl (C=O) groups excluding carboxylic acids is 2. The van der Waals surface area contributed by atoms with Gasteiger partial charge in [0.1, 0.15) is 0 Å². The second-order valence-electron chi connectivity index (χ2n) is 7.91. The second kappa shape index (κ2) is 6.97. The van der Waals surface area contributed by atoms with Crippen LogP contribution in [0.1, 0.15) is 34.3 Å². The monoisotopic (exact) mass is 375 g/mol. The maximum Gasteiger partial charge on any atom is 0.253 e. The van der Waals surface area contributed by atoms with Gasteiger partial charge in [0.2, 0.25) is 5.91 Å². The summed E-state index contributed by atoms with van der Waals surface area (Å²) in [6.45, 7) is 4.01. The minimum atomic E-state index is 0.126. The van der Waals surface area contributed by atoms with Crippen molar-refractivity contribution in [3.63, 3.8) is 0 Å². The Balaban J connectivity index is 1.35. The average molecular weight is 375 g/mol. The van der Waals surface area contributed by atoms with Crippen LogP contribution in [0.4, 0.5) is 11.4 Å². The van der Waals surface area contributed by atoms with Gasteiger partial charge in [0.15, 0.2) is 0 Å². The summed E-state index contributed by atoms with van der Waals surface area (Å²) >= 11 is 0. The van der Waals surface area contributed by atoms with Gasteiger partial charge in [0.25, 0.3) is 5.91 Å². The third-order valence-corrected chi connectivity index (χ3v) is 6.21. The molecular formula is C23H25N3O2. The van der Waals surface area contributed by atoms with Crippen LogP contribution in [0.5, 0.6) is 0 Å². The van der Waals surface area contributed by atoms with E-state index in [2.05, 4.69) is 29.2 Å². The second-order valence-corrected chi connectivity index (χ2v) is 7.91. The first-order chi connectivity index (χ1) is 13.7. The SMILES string of the molecule is O=C(c1cc2c3c(c1)CCC(=O)N3CCC2)N1CCN(c2ccccc2)CC1. The molecule has 28 heavy (non-hydrogen) atoms. The number of benzene rings is 2. The van der Waals surface area contributed by atoms with Crippen molar-refractivity contribution in [1.29, 1.82) is 0 Å². The number of piperazine rings is 1. The highest BCUT2D eigenvalue weighted by atomic mass is 16.2. The number of amides is 2. The maximum absolute atomic E-state index is 13.2. The summed E-state index contributed by atoms with van der Waals surface area (Å²) in [6.07, 6.45) is 3.24. The average Bonchev–Trinajstić information content (AvgIpc) is 2.76. The van der Waals surface area contributed by atoms with Crippen molar-refractivity contribution in [3.8, 4) is 0 Å². The molecule has 5 heteroatoms. The molecule has 0 spiro atoms. The smallest absolute Gasteiger partial charge is 0.253 e. The van der Waals surface area contributed by atoms with E-state index >= 15 is 0 Å². The number of nitrogens with zero attached hydrogens (tertiary/aromatic N) is 3. The number of carbonyl (C=O) groups is 2. The van der Waals surface area contributed by atoms with Gasteiger partial charge in [-0.2, -0.15) is 0 Å². The van der Waals surface area contributed by atoms with E-state index in [0.717, 1.165) is 63.2 Å². The van der Waals surface area contributed by atoms with Crippen molar-refractivity contribution >= 4 is 23.2 Å². The fourth-order valence-corrected chi connectivity index (χ4v) is 4.77. The lowest BCUT2D eigenvalue weighted by atomic mass is 9.89. The highest BCUT2D eigenvalue weighted by Gasteiger charge is 2.31. The summed E-state index contributed by atoms with van der Waals surface area (Å²) in [7, 11) is 0. The Morgan fingerprint density at radius 2 is 1.54 bits per heavy atom. The zero-order valence-electron chi connectivity index (χ0n) is 16.1. The molecule has 2 aromatic rings. The van der Waals surface area contributed by atoms with Crippen LogP contribution >= 0.6 is 0 Å². The fourth-order valence-electron chi connectivity index (χ4n) is 4.77. The molecule has 1 fully saturated rings. The molecule has 1 saturated heterocycles. The molecule has 3 aliphatic rings. The van der Waals surface area contributed by atoms with Crippen molar-refractivity contribution in [2.75, 3.05) is 42.5 Å². The quantitative estimate of drug-likeness (QED) is 0.811. The number of anilines is 2. The van der Waals surface area contributed by atoms with Crippen LogP contribution in [0.2, 0.25) is 0 Å². The lowest BCUT2D eigenvalue weighted by Crippen LogP contribution is -2.49. The third kappa shape index (κ3) is 2.95. The van der Waals surface area contributed by atoms with Gasteiger partial charge in [-0.3, -0.25) is 9.59 Å². The Morgan fingerprint density at radius 3 is 2.29 bits per heavy atom. The Bertz CT molecular complexity index is 900. The first-order valence-electron chi connectivity index (χ1n) is 10.3. The van der Waals surface area contributed by atoms with Crippen LogP contribution in [-0.4, -0.2) is 49.4 Å². The molecule has 3 heterocycles. The molecule has 0 aromatic heterocycles. The van der Waals surface area contributed by atoms with Gasteiger partial charge in [-0.15, -0.1) is 0 Å². The first-order valence-corrected chi connectivity index (χ1v) is 10.3. The van der Waals surface area contributed by atoms with Gasteiger partial charge in [-0.25, -0.2) is 0 Å². The van der Waals surface area contributed by atoms with E-state index in [0.29, 0.717) is 6.42 Å². The standard InChI is InChI=1S/C23H25N3O2/c27-21-9-8-18-16-19(15-17-5-4-10-26(21)22(17)18)23(28)25-13-11-24(12-14-25)20-6-2-1-3-7-20/h1-3,6-7,15-16H,4-5,8-14H2. The Hall–Kier alpha value is -2.82. The van der Waals surface area contributed by atoms with Crippen molar-refractivity contribution < 1.29 is 9.59 Å². The third-order valence-electron chi connectivity index (χ3n) is 6.21. The van der Waals surface area contributed by atoms with Gasteiger partial charge in [-0.1, -0.05) is 18.2 Å². The highest BCUT2D eigenvalue weighted by Crippen LogP contribution is 2.37. The molecule has 5 rings (SSSR count). The number of hydrogen-bond donors (Lipinski definition) is 0. The molecule has 0 N–H and O–H groups in total. The molecule has 0 unspecified atom stereocenters. The van der Waals surface area contributed by atoms with Crippen molar-refractivity contribution in [2.24, 2.45) is 0 Å². The van der Waals surface area contributed by atoms with Crippen molar-refractivity contribution in [2.45, 2.75) is 25.7 Å². The van der Waals surface area contributed by atoms with E-state index < -0.39 is 0 Å². The van der Waals surface area contributed by atoms with Crippen LogP contribution < -0.4 is 9.80 Å². The predicted octanol–water partition coefficient (Wildman–Crippen LogP) is 2.87. The Labute approximate surface area is 165 Å². The highest BCUT2D eigenvalue weighted by molar-refractivity contribution is 6.00. The van der Waals surface area contributed by atoms with E-state index in [1.54, 1.807) is 0 Å². The van der Waals surface area contributed by atoms with Gasteiger partial charge in [0.05, 0.1) is 5.69 Å². The molecular weight excluding hydrogens is 350 g/mol. The number of hydrogen-bond acceptors (Lipinski definition) is 3. The van der Waals surface area contributed by atoms with Crippen LogP contribution in [0.3, 0.4) is 0 Å². The summed E-state index contributed by atoms with van der Waals surface area (Å²) in [5, 5.41) is 0. The fraction of sp³-hybridized carbons (Fsp3) is 0.391. The molecule has 144 valence electrons. The Kier molecular flexibility index (Phi) is 4.30. The van der Waals surface area contributed by atoms with E-state index in [1.165, 1.54) is 16.8 Å². The zero-order chi connectivity index (χ0) is 19.1. The van der Waals surface area contributed by atoms with Gasteiger partial charge < -0.3 is 14.7 Å². The minimum Gasteiger partial charge on any atom is -0.368 e. The topological polar surface area (TPSA) is 43.9 Å². The molecule has 3 aliphatic heterocycles. The summed E-state index contributed by atoms with van der Waals surface area (Å²) in [5.74, 6) is 0.352. The van der Waals surface area contributed by atoms with Crippen LogP contribution in [-0.2, 0) is 17.6 Å². The molecule has 0 aliphatic carbocycles. The van der Waals surface area contributed by atoms with E-state index in [-0.39, 0.29) is 11.8 Å². The molecule has 0 atom stereocenters. The molecule has 5 nitrogen and oxygen atoms in total. The van der Waals surface area contributed by atoms with E-state index in [9.17, 15) is 9.59 Å². The maximum atomic E-state index is 13.2. The first kappa shape index (κ1) is 17.3. The van der Waals surface area contributed by atoms with Crippen LogP contribution in [0.15, 0.2) is 42.5 Å². The van der Waals surface area contributed by atoms with E-state index in [4.69, 9.17) is 0 Å². The van der Waals surface area contributed by atoms with E-state index in [1.807, 2.05) is 28.0 Å². The van der Waals surface area contributed by atoms with Crippen molar-refractivity contribution in [3.05, 3.63) is 59.2 Å². The predicted molar refractivity (Wildman–Crippen MR) is 110 cm³/mol. The zero-order valence-corrected chi connectivity index (χ0v) is 16.1. The normalized spacial score (nSPS) is 18.9. The lowest BCUT2D eigenvalue weighted by molar-refractivity contribution is -0.119. The molecule has 0 radical (unpaired) electrons. The van der Waals surface area contributed by atoms with Gasteiger partial charge in [-0.05, 0) is 54.7 Å². The van der Waals surface area contributed by atoms with Crippen LogP contribution in [0.25, 0.3) is 0 Å². The largest absolute Gasteiger partial charge is 0.368 e. The van der Waals surface area contributed by atoms with Gasteiger partial charge >= 0.3 is 0 Å². The number of rotatable bonds is 2. The summed E-state index contributed by atoms with van der Waals surface area (Å²) in [6, 6.07) is 14.5. The van der Waals surface area contributed by atoms with Crippen LogP contribution in [0, 0.1) is 0 Å².